The lowest BCUT2D eigenvalue weighted by Crippen LogP contribution is -2.52. The minimum atomic E-state index is -0.223. The highest BCUT2D eigenvalue weighted by Gasteiger charge is 2.33. The summed E-state index contributed by atoms with van der Waals surface area (Å²) in [6.07, 6.45) is 1.72. The first kappa shape index (κ1) is 22.2. The third-order valence-electron chi connectivity index (χ3n) is 6.59. The Morgan fingerprint density at radius 3 is 2.53 bits per heavy atom. The molecular formula is C25H28FN5O3. The van der Waals surface area contributed by atoms with Crippen molar-refractivity contribution in [3.8, 4) is 17.1 Å². The van der Waals surface area contributed by atoms with E-state index in [1.54, 1.807) is 19.2 Å². The summed E-state index contributed by atoms with van der Waals surface area (Å²) in [5.41, 5.74) is 1.44. The quantitative estimate of drug-likeness (QED) is 0.571. The number of halogens is 1. The highest BCUT2D eigenvalue weighted by Crippen LogP contribution is 2.27. The first-order chi connectivity index (χ1) is 16.6. The van der Waals surface area contributed by atoms with Crippen LogP contribution in [-0.2, 0) is 4.79 Å². The molecule has 5 rings (SSSR count). The number of nitrogens with zero attached hydrogens (tertiary/aromatic N) is 5. The van der Waals surface area contributed by atoms with Crippen LogP contribution in [0, 0.1) is 11.7 Å². The molecular weight excluding hydrogens is 437 g/mol. The summed E-state index contributed by atoms with van der Waals surface area (Å²) in [7, 11) is 1.62. The molecule has 2 saturated heterocycles. The van der Waals surface area contributed by atoms with Crippen LogP contribution in [0.1, 0.15) is 12.8 Å². The molecule has 34 heavy (non-hydrogen) atoms. The molecule has 2 aromatic carbocycles. The molecule has 1 unspecified atom stereocenters. The van der Waals surface area contributed by atoms with Crippen LogP contribution < -0.4 is 14.5 Å². The first-order valence-electron chi connectivity index (χ1n) is 11.6. The summed E-state index contributed by atoms with van der Waals surface area (Å²) in [5.74, 6) is 1.08. The molecule has 1 atom stereocenters. The average Bonchev–Trinajstić information content (AvgIpc) is 3.39. The topological polar surface area (TPSA) is 74.9 Å². The molecule has 3 heterocycles. The van der Waals surface area contributed by atoms with E-state index in [-0.39, 0.29) is 17.6 Å². The van der Waals surface area contributed by atoms with Crippen molar-refractivity contribution in [1.29, 1.82) is 0 Å². The molecule has 2 fully saturated rings. The van der Waals surface area contributed by atoms with Crippen LogP contribution in [0.25, 0.3) is 11.4 Å². The Morgan fingerprint density at radius 1 is 1.03 bits per heavy atom. The second kappa shape index (κ2) is 9.70. The van der Waals surface area contributed by atoms with Crippen LogP contribution in [0.15, 0.2) is 53.1 Å². The minimum Gasteiger partial charge on any atom is -0.497 e. The number of ether oxygens (including phenoxy) is 1. The van der Waals surface area contributed by atoms with Crippen LogP contribution in [-0.4, -0.2) is 67.3 Å². The van der Waals surface area contributed by atoms with Crippen LogP contribution in [0.2, 0.25) is 0 Å². The third-order valence-corrected chi connectivity index (χ3v) is 6.59. The molecule has 2 aliphatic heterocycles. The number of anilines is 2. The number of para-hydroxylation sites is 1. The van der Waals surface area contributed by atoms with Crippen LogP contribution in [0.4, 0.5) is 16.1 Å². The smallest absolute Gasteiger partial charge is 0.324 e. The summed E-state index contributed by atoms with van der Waals surface area (Å²) in [6, 6.07) is 14.7. The van der Waals surface area contributed by atoms with E-state index in [1.807, 2.05) is 45.0 Å². The summed E-state index contributed by atoms with van der Waals surface area (Å²) in [4.78, 5) is 23.7. The van der Waals surface area contributed by atoms with Crippen molar-refractivity contribution in [2.45, 2.75) is 12.8 Å². The van der Waals surface area contributed by atoms with Crippen LogP contribution in [0.3, 0.4) is 0 Å². The van der Waals surface area contributed by atoms with Crippen molar-refractivity contribution in [2.24, 2.45) is 5.92 Å². The van der Waals surface area contributed by atoms with Gasteiger partial charge in [-0.3, -0.25) is 4.79 Å². The molecule has 8 nitrogen and oxygen atoms in total. The van der Waals surface area contributed by atoms with E-state index in [4.69, 9.17) is 9.26 Å². The van der Waals surface area contributed by atoms with Gasteiger partial charge in [0.25, 0.3) is 0 Å². The third kappa shape index (κ3) is 4.55. The summed E-state index contributed by atoms with van der Waals surface area (Å²) < 4.78 is 24.8. The van der Waals surface area contributed by atoms with Gasteiger partial charge in [0.1, 0.15) is 11.6 Å². The minimum absolute atomic E-state index is 0.120. The zero-order valence-electron chi connectivity index (χ0n) is 19.2. The number of aromatic nitrogens is 2. The van der Waals surface area contributed by atoms with Gasteiger partial charge >= 0.3 is 6.01 Å². The number of hydrogen-bond acceptors (Lipinski definition) is 7. The lowest BCUT2D eigenvalue weighted by Gasteiger charge is -2.39. The molecule has 2 aliphatic rings. The molecule has 0 spiro atoms. The van der Waals surface area contributed by atoms with Crippen molar-refractivity contribution >= 4 is 17.6 Å². The molecule has 3 aromatic rings. The predicted octanol–water partition coefficient (Wildman–Crippen LogP) is 3.45. The fourth-order valence-electron chi connectivity index (χ4n) is 4.69. The Morgan fingerprint density at radius 2 is 1.79 bits per heavy atom. The lowest BCUT2D eigenvalue weighted by atomic mass is 9.96. The number of carbonyl (C=O) groups is 1. The van der Waals surface area contributed by atoms with Gasteiger partial charge in [-0.05, 0) is 49.2 Å². The second-order valence-corrected chi connectivity index (χ2v) is 8.68. The van der Waals surface area contributed by atoms with E-state index in [2.05, 4.69) is 10.1 Å². The van der Waals surface area contributed by atoms with Gasteiger partial charge in [0.15, 0.2) is 0 Å². The Hall–Kier alpha value is -3.62. The Kier molecular flexibility index (Phi) is 6.33. The molecule has 0 aliphatic carbocycles. The molecule has 1 aromatic heterocycles. The normalized spacial score (nSPS) is 18.8. The number of piperidine rings is 1. The number of piperazine rings is 1. The van der Waals surface area contributed by atoms with Gasteiger partial charge in [0.2, 0.25) is 11.7 Å². The Bertz CT molecular complexity index is 1130. The zero-order chi connectivity index (χ0) is 23.5. The summed E-state index contributed by atoms with van der Waals surface area (Å²) in [6.45, 7) is 3.75. The number of carbonyl (C=O) groups excluding carboxylic acids is 1. The molecule has 178 valence electrons. The van der Waals surface area contributed by atoms with Gasteiger partial charge in [-0.15, -0.1) is 0 Å². The maximum Gasteiger partial charge on any atom is 0.324 e. The monoisotopic (exact) mass is 465 g/mol. The van der Waals surface area contributed by atoms with Crippen molar-refractivity contribution in [3.63, 3.8) is 0 Å². The van der Waals surface area contributed by atoms with E-state index in [1.165, 1.54) is 6.07 Å². The van der Waals surface area contributed by atoms with Gasteiger partial charge < -0.3 is 24.0 Å². The summed E-state index contributed by atoms with van der Waals surface area (Å²) in [5, 5.41) is 4.12. The van der Waals surface area contributed by atoms with Gasteiger partial charge in [-0.25, -0.2) is 4.39 Å². The van der Waals surface area contributed by atoms with Crippen molar-refractivity contribution < 1.29 is 18.4 Å². The van der Waals surface area contributed by atoms with Crippen molar-refractivity contribution in [1.82, 2.24) is 15.0 Å². The molecule has 9 heteroatoms. The van der Waals surface area contributed by atoms with E-state index in [0.717, 1.165) is 30.7 Å². The average molecular weight is 466 g/mol. The Balaban J connectivity index is 1.20. The number of rotatable bonds is 5. The van der Waals surface area contributed by atoms with E-state index in [9.17, 15) is 9.18 Å². The van der Waals surface area contributed by atoms with E-state index in [0.29, 0.717) is 50.3 Å². The van der Waals surface area contributed by atoms with Crippen molar-refractivity contribution in [3.05, 3.63) is 54.3 Å². The second-order valence-electron chi connectivity index (χ2n) is 8.68. The maximum absolute atomic E-state index is 14.1. The van der Waals surface area contributed by atoms with Gasteiger partial charge in [0.05, 0.1) is 18.7 Å². The molecule has 0 bridgehead atoms. The number of benzene rings is 2. The molecule has 0 radical (unpaired) electrons. The molecule has 0 saturated carbocycles. The highest BCUT2D eigenvalue weighted by molar-refractivity contribution is 5.80. The van der Waals surface area contributed by atoms with Crippen LogP contribution in [0.5, 0.6) is 5.75 Å². The predicted molar refractivity (Wildman–Crippen MR) is 126 cm³/mol. The van der Waals surface area contributed by atoms with Crippen LogP contribution >= 0.6 is 0 Å². The van der Waals surface area contributed by atoms with Crippen molar-refractivity contribution in [2.75, 3.05) is 56.2 Å². The number of methoxy groups -OCH3 is 1. The first-order valence-corrected chi connectivity index (χ1v) is 11.6. The Labute approximate surface area is 197 Å². The van der Waals surface area contributed by atoms with Gasteiger partial charge in [-0.2, -0.15) is 4.98 Å². The van der Waals surface area contributed by atoms with E-state index < -0.39 is 0 Å². The fourth-order valence-corrected chi connectivity index (χ4v) is 4.69. The maximum atomic E-state index is 14.1. The molecule has 1 amide bonds. The number of amides is 1. The fraction of sp³-hybridized carbons (Fsp3) is 0.400. The van der Waals surface area contributed by atoms with E-state index >= 15 is 0 Å². The lowest BCUT2D eigenvalue weighted by molar-refractivity contribution is -0.136. The number of hydrogen-bond donors (Lipinski definition) is 0. The van der Waals surface area contributed by atoms with Gasteiger partial charge in [-0.1, -0.05) is 17.3 Å². The zero-order valence-corrected chi connectivity index (χ0v) is 19.2. The SMILES string of the molecule is COc1ccc(-c2noc(N3CCCC(C(=O)N4CCN(c5ccccc5F)CC4)C3)n2)cc1. The largest absolute Gasteiger partial charge is 0.497 e. The summed E-state index contributed by atoms with van der Waals surface area (Å²) >= 11 is 0. The standard InChI is InChI=1S/C25H28FN5O3/c1-33-20-10-8-18(9-11-20)23-27-25(34-28-23)31-12-4-5-19(17-31)24(32)30-15-13-29(14-16-30)22-7-3-2-6-21(22)26/h2-3,6-11,19H,4-5,12-17H2,1H3. The van der Waals surface area contributed by atoms with Gasteiger partial charge in [0, 0.05) is 44.8 Å². The highest BCUT2D eigenvalue weighted by atomic mass is 19.1. The molecule has 0 N–H and O–H groups in total.